The van der Waals surface area contributed by atoms with Crippen LogP contribution in [0.5, 0.6) is 0 Å². The molecule has 55 heavy (non-hydrogen) atoms. The molecule has 2 amide bonds. The molecule has 0 aromatic heterocycles. The van der Waals surface area contributed by atoms with Gasteiger partial charge in [-0.05, 0) is 91.0 Å². The number of anilines is 1. The van der Waals surface area contributed by atoms with Gasteiger partial charge in [-0.15, -0.1) is 0 Å². The Morgan fingerprint density at radius 3 is 2.11 bits per heavy atom. The molecule has 3 N–H and O–H groups in total. The molecular weight excluding hydrogens is 681 g/mol. The number of carbonyl (C=O) groups is 2. The maximum atomic E-state index is 15.5. The number of Topliss-reactive ketones (excluding diaryl/α,β-unsaturated/α-hetero) is 1. The Balaban J connectivity index is 1.13. The lowest BCUT2D eigenvalue weighted by molar-refractivity contribution is -0.174. The number of carbonyl (C=O) groups excluding carboxylic acids is 2. The van der Waals surface area contributed by atoms with Crippen LogP contribution in [0.15, 0.2) is 139 Å². The van der Waals surface area contributed by atoms with Gasteiger partial charge in [0.2, 0.25) is 0 Å². The zero-order valence-corrected chi connectivity index (χ0v) is 32.0. The topological polar surface area (TPSA) is 89.9 Å². The molecule has 0 heterocycles. The van der Waals surface area contributed by atoms with Gasteiger partial charge in [-0.25, -0.2) is 4.79 Å². The van der Waals surface area contributed by atoms with E-state index in [-0.39, 0.29) is 35.6 Å². The molecule has 2 spiro atoms. The molecule has 4 aromatic rings. The highest BCUT2D eigenvalue weighted by Crippen LogP contribution is 2.78. The fourth-order valence-electron chi connectivity index (χ4n) is 12.3. The van der Waals surface area contributed by atoms with Crippen LogP contribution in [0.1, 0.15) is 74.7 Å². The maximum Gasteiger partial charge on any atom is 0.322 e. The smallest absolute Gasteiger partial charge is 0.322 e. The minimum absolute atomic E-state index is 0.0307. The van der Waals surface area contributed by atoms with E-state index in [1.54, 1.807) is 4.90 Å². The molecule has 0 aliphatic heterocycles. The van der Waals surface area contributed by atoms with Crippen LogP contribution in [0.3, 0.4) is 0 Å². The van der Waals surface area contributed by atoms with Crippen molar-refractivity contribution in [2.24, 2.45) is 33.5 Å². The molecule has 6 aliphatic carbocycles. The van der Waals surface area contributed by atoms with E-state index in [0.717, 1.165) is 54.4 Å². The van der Waals surface area contributed by atoms with Crippen molar-refractivity contribution in [2.45, 2.75) is 77.0 Å². The molecule has 10 rings (SSSR count). The summed E-state index contributed by atoms with van der Waals surface area (Å²) in [6.45, 7) is 5.19. The van der Waals surface area contributed by atoms with Crippen LogP contribution in [0, 0.1) is 33.5 Å². The maximum absolute atomic E-state index is 15.5. The van der Waals surface area contributed by atoms with Gasteiger partial charge in [-0.3, -0.25) is 4.79 Å². The standard InChI is InChI=1S/C49H52N2O4/c1-45-25-22-37(52)30-47(45)28-29-49(40(31-47)43(53)39-21-13-12-20-38(39)35-16-8-4-9-17-35)41(45)23-26-46(2)42(49)24-27-48(46,55)33-51(32-34-14-6-3-7-15-34)44(54)50-36-18-10-5-11-19-36/h3-21,28-29,31,37,41-42,52,55H,22-27,30,32-33H2,1-2H3,(H,50,54)/t37?,41-,42-,45-,46+,47+,48-,49-/m1/s1. The second-order valence-corrected chi connectivity index (χ2v) is 17.7. The van der Waals surface area contributed by atoms with E-state index in [2.05, 4.69) is 49.5 Å². The zero-order valence-electron chi connectivity index (χ0n) is 32.0. The molecule has 3 fully saturated rings. The number of benzene rings is 4. The summed E-state index contributed by atoms with van der Waals surface area (Å²) in [5, 5.41) is 27.5. The Bertz CT molecular complexity index is 2170. The number of ketones is 1. The first-order chi connectivity index (χ1) is 26.5. The first-order valence-electron chi connectivity index (χ1n) is 20.2. The predicted molar refractivity (Wildman–Crippen MR) is 217 cm³/mol. The van der Waals surface area contributed by atoms with E-state index in [9.17, 15) is 15.0 Å². The van der Waals surface area contributed by atoms with Crippen LogP contribution < -0.4 is 5.32 Å². The number of nitrogens with zero attached hydrogens (tertiary/aromatic N) is 1. The lowest BCUT2D eigenvalue weighted by Gasteiger charge is -2.71. The van der Waals surface area contributed by atoms with Crippen molar-refractivity contribution in [3.8, 4) is 11.1 Å². The first-order valence-corrected chi connectivity index (χ1v) is 20.2. The van der Waals surface area contributed by atoms with E-state index in [1.807, 2.05) is 103 Å². The summed E-state index contributed by atoms with van der Waals surface area (Å²) in [7, 11) is 0. The zero-order chi connectivity index (χ0) is 38.1. The summed E-state index contributed by atoms with van der Waals surface area (Å²) >= 11 is 0. The molecule has 2 bridgehead atoms. The Morgan fingerprint density at radius 1 is 0.745 bits per heavy atom. The van der Waals surface area contributed by atoms with Gasteiger partial charge in [0.25, 0.3) is 0 Å². The van der Waals surface area contributed by atoms with E-state index in [0.29, 0.717) is 30.6 Å². The summed E-state index contributed by atoms with van der Waals surface area (Å²) < 4.78 is 0. The number of allylic oxidation sites excluding steroid dienone is 4. The number of hydrogen-bond acceptors (Lipinski definition) is 4. The highest BCUT2D eigenvalue weighted by atomic mass is 16.3. The molecule has 3 saturated carbocycles. The average molecular weight is 733 g/mol. The lowest BCUT2D eigenvalue weighted by atomic mass is 9.32. The van der Waals surface area contributed by atoms with Gasteiger partial charge in [0.05, 0.1) is 18.2 Å². The number of hydrogen-bond donors (Lipinski definition) is 3. The molecular formula is C49H52N2O4. The molecule has 4 aromatic carbocycles. The molecule has 8 atom stereocenters. The minimum atomic E-state index is -1.19. The van der Waals surface area contributed by atoms with Crippen molar-refractivity contribution >= 4 is 17.5 Å². The van der Waals surface area contributed by atoms with Crippen LogP contribution in [-0.2, 0) is 6.54 Å². The summed E-state index contributed by atoms with van der Waals surface area (Å²) in [6, 6.07) is 37.3. The molecule has 6 heteroatoms. The Labute approximate surface area is 325 Å². The SMILES string of the molecule is C[C@]12CC[C@H]3[C@]4(C=C[C@@]5(C=C4C(=O)c4ccccc4-c4ccccc4)CC(O)CC[C@]35C)[C@@H]1CC[C@@]2(O)CN(Cc1ccccc1)C(=O)Nc1ccccc1. The van der Waals surface area contributed by atoms with Crippen LogP contribution in [0.4, 0.5) is 10.5 Å². The van der Waals surface area contributed by atoms with Gasteiger partial charge >= 0.3 is 6.03 Å². The van der Waals surface area contributed by atoms with Crippen molar-refractivity contribution in [3.05, 3.63) is 150 Å². The molecule has 0 radical (unpaired) electrons. The Morgan fingerprint density at radius 2 is 1.36 bits per heavy atom. The van der Waals surface area contributed by atoms with Crippen molar-refractivity contribution < 1.29 is 19.8 Å². The van der Waals surface area contributed by atoms with Crippen LogP contribution in [0.2, 0.25) is 0 Å². The summed E-state index contributed by atoms with van der Waals surface area (Å²) in [6.07, 6.45) is 11.8. The van der Waals surface area contributed by atoms with E-state index in [4.69, 9.17) is 0 Å². The quantitative estimate of drug-likeness (QED) is 0.124. The largest absolute Gasteiger partial charge is 0.393 e. The Hall–Kier alpha value is -4.78. The lowest BCUT2D eigenvalue weighted by Crippen LogP contribution is -2.67. The average Bonchev–Trinajstić information content (AvgIpc) is 3.48. The van der Waals surface area contributed by atoms with Gasteiger partial charge in [-0.2, -0.15) is 0 Å². The van der Waals surface area contributed by atoms with Crippen LogP contribution in [0.25, 0.3) is 11.1 Å². The number of aliphatic hydroxyl groups excluding tert-OH is 1. The van der Waals surface area contributed by atoms with E-state index < -0.39 is 27.9 Å². The van der Waals surface area contributed by atoms with Gasteiger partial charge in [0, 0.05) is 39.6 Å². The number of para-hydroxylation sites is 1. The van der Waals surface area contributed by atoms with Gasteiger partial charge in [0.15, 0.2) is 5.78 Å². The second kappa shape index (κ2) is 13.2. The van der Waals surface area contributed by atoms with Gasteiger partial charge in [0.1, 0.15) is 0 Å². The van der Waals surface area contributed by atoms with Crippen molar-refractivity contribution in [1.29, 1.82) is 0 Å². The fraction of sp³-hybridized carbons (Fsp3) is 0.388. The highest BCUT2D eigenvalue weighted by molar-refractivity contribution is 6.14. The second-order valence-electron chi connectivity index (χ2n) is 17.7. The minimum Gasteiger partial charge on any atom is -0.393 e. The Kier molecular flexibility index (Phi) is 8.59. The monoisotopic (exact) mass is 732 g/mol. The number of urea groups is 1. The number of nitrogens with one attached hydrogen (secondary N) is 1. The third-order valence-corrected chi connectivity index (χ3v) is 15.2. The number of fused-ring (bicyclic) bond motifs is 1. The van der Waals surface area contributed by atoms with Gasteiger partial charge < -0.3 is 20.4 Å². The molecule has 0 saturated heterocycles. The van der Waals surface area contributed by atoms with Crippen LogP contribution in [-0.4, -0.2) is 45.2 Å². The summed E-state index contributed by atoms with van der Waals surface area (Å²) in [5.74, 6) is 0.187. The third-order valence-electron chi connectivity index (χ3n) is 15.2. The van der Waals surface area contributed by atoms with Crippen LogP contribution >= 0.6 is 0 Å². The third kappa shape index (κ3) is 5.43. The fourth-order valence-corrected chi connectivity index (χ4v) is 12.3. The molecule has 1 unspecified atom stereocenters. The summed E-state index contributed by atoms with van der Waals surface area (Å²) in [5.41, 5.74) is 2.20. The molecule has 282 valence electrons. The first kappa shape index (κ1) is 35.9. The number of aliphatic hydroxyl groups is 2. The van der Waals surface area contributed by atoms with Crippen molar-refractivity contribution in [3.63, 3.8) is 0 Å². The number of amides is 2. The highest BCUT2D eigenvalue weighted by Gasteiger charge is 2.74. The predicted octanol–water partition coefficient (Wildman–Crippen LogP) is 9.86. The van der Waals surface area contributed by atoms with E-state index in [1.165, 1.54) is 0 Å². The molecule has 6 nitrogen and oxygen atoms in total. The summed E-state index contributed by atoms with van der Waals surface area (Å²) in [4.78, 5) is 31.4. The van der Waals surface area contributed by atoms with Crippen molar-refractivity contribution in [2.75, 3.05) is 11.9 Å². The number of rotatable bonds is 8. The van der Waals surface area contributed by atoms with Gasteiger partial charge in [-0.1, -0.05) is 135 Å². The van der Waals surface area contributed by atoms with Crippen molar-refractivity contribution in [1.82, 2.24) is 4.90 Å². The van der Waals surface area contributed by atoms with E-state index >= 15 is 4.79 Å². The normalized spacial score (nSPS) is 34.2. The molecule has 6 aliphatic rings.